The van der Waals surface area contributed by atoms with E-state index >= 15 is 0 Å². The quantitative estimate of drug-likeness (QED) is 0.401. The van der Waals surface area contributed by atoms with Gasteiger partial charge in [0.25, 0.3) is 0 Å². The first-order valence-electron chi connectivity index (χ1n) is 12.1. The van der Waals surface area contributed by atoms with Crippen LogP contribution in [0.1, 0.15) is 8.22 Å². The summed E-state index contributed by atoms with van der Waals surface area (Å²) < 4.78 is 49.8. The first-order chi connectivity index (χ1) is 16.0. The Morgan fingerprint density at radius 1 is 0.571 bits per heavy atom. The second kappa shape index (κ2) is 7.53. The van der Waals surface area contributed by atoms with Crippen molar-refractivity contribution < 1.29 is 8.22 Å². The minimum absolute atomic E-state index is 0.0669. The maximum absolute atomic E-state index is 8.30. The van der Waals surface area contributed by atoms with E-state index in [2.05, 4.69) is 0 Å². The molecule has 3 heteroatoms. The maximum Gasteiger partial charge on any atom is 0.104 e. The molecule has 28 heavy (non-hydrogen) atoms. The highest BCUT2D eigenvalue weighted by molar-refractivity contribution is 6.89. The summed E-state index contributed by atoms with van der Waals surface area (Å²) >= 11 is 0. The predicted octanol–water partition coefficient (Wildman–Crippen LogP) is 6.02. The summed E-state index contributed by atoms with van der Waals surface area (Å²) in [5.74, 6) is 0. The number of hydrogen-bond acceptors (Lipinski definition) is 2. The van der Waals surface area contributed by atoms with Gasteiger partial charge in [0.1, 0.15) is 8.07 Å². The fraction of sp³-hybridized carbons (Fsp3) is 0.120. The first-order valence-corrected chi connectivity index (χ1v) is 11.6. The highest BCUT2D eigenvalue weighted by atomic mass is 28.3. The zero-order valence-electron chi connectivity index (χ0n) is 21.6. The lowest BCUT2D eigenvalue weighted by Gasteiger charge is -2.22. The SMILES string of the molecule is [2H]C([2H])([2H])[Si](C)(c1nc(-c2ccccc2)c(-c2ccccc2)nc1-c1ccccc1)C([2H])([2H])[2H]. The molecule has 0 unspecified atom stereocenters. The maximum atomic E-state index is 8.30. The highest BCUT2D eigenvalue weighted by Gasteiger charge is 2.27. The largest absolute Gasteiger partial charge is 0.253 e. The molecule has 0 N–H and O–H groups in total. The Bertz CT molecular complexity index is 1260. The van der Waals surface area contributed by atoms with Gasteiger partial charge in [-0.2, -0.15) is 0 Å². The van der Waals surface area contributed by atoms with Crippen LogP contribution in [0.5, 0.6) is 0 Å². The summed E-state index contributed by atoms with van der Waals surface area (Å²) in [5.41, 5.74) is 3.52. The molecule has 0 atom stereocenters. The van der Waals surface area contributed by atoms with Gasteiger partial charge in [0.15, 0.2) is 0 Å². The van der Waals surface area contributed by atoms with Gasteiger partial charge in [-0.05, 0) is 0 Å². The zero-order chi connectivity index (χ0) is 24.6. The summed E-state index contributed by atoms with van der Waals surface area (Å²) in [6.07, 6.45) is 0. The lowest BCUT2D eigenvalue weighted by molar-refractivity contribution is 1.24. The molecule has 1 heterocycles. The van der Waals surface area contributed by atoms with Crippen LogP contribution in [0, 0.1) is 0 Å². The second-order valence-corrected chi connectivity index (χ2v) is 9.56. The number of hydrogen-bond donors (Lipinski definition) is 0. The zero-order valence-corrected chi connectivity index (χ0v) is 16.6. The Morgan fingerprint density at radius 3 is 1.39 bits per heavy atom. The monoisotopic (exact) mass is 386 g/mol. The molecule has 0 aliphatic rings. The normalized spacial score (nSPS) is 15.5. The van der Waals surface area contributed by atoms with Crippen LogP contribution in [0.2, 0.25) is 19.5 Å². The van der Waals surface area contributed by atoms with Gasteiger partial charge in [-0.3, -0.25) is 4.98 Å². The van der Waals surface area contributed by atoms with Crippen LogP contribution >= 0.6 is 0 Å². The van der Waals surface area contributed by atoms with E-state index in [0.717, 1.165) is 11.1 Å². The Morgan fingerprint density at radius 2 is 0.964 bits per heavy atom. The number of nitrogens with zero attached hydrogens (tertiary/aromatic N) is 2. The third-order valence-electron chi connectivity index (χ3n) is 4.51. The van der Waals surface area contributed by atoms with Crippen LogP contribution in [-0.4, -0.2) is 18.0 Å². The van der Waals surface area contributed by atoms with Gasteiger partial charge in [0.2, 0.25) is 0 Å². The minimum atomic E-state index is -4.22. The molecule has 0 aliphatic carbocycles. The van der Waals surface area contributed by atoms with E-state index in [1.807, 2.05) is 78.9 Å². The molecular formula is C25H24N2Si. The Labute approximate surface area is 176 Å². The van der Waals surface area contributed by atoms with Crippen molar-refractivity contribution in [3.05, 3.63) is 91.0 Å². The van der Waals surface area contributed by atoms with E-state index in [1.54, 1.807) is 12.1 Å². The summed E-state index contributed by atoms with van der Waals surface area (Å²) in [6, 6.07) is 27.9. The molecule has 0 saturated heterocycles. The summed E-state index contributed by atoms with van der Waals surface area (Å²) in [7, 11) is -4.22. The fourth-order valence-corrected chi connectivity index (χ4v) is 4.19. The van der Waals surface area contributed by atoms with E-state index in [9.17, 15) is 0 Å². The molecule has 1 aromatic heterocycles. The van der Waals surface area contributed by atoms with Gasteiger partial charge in [0.05, 0.1) is 17.1 Å². The van der Waals surface area contributed by atoms with Crippen LogP contribution in [-0.2, 0) is 0 Å². The van der Waals surface area contributed by atoms with Gasteiger partial charge in [-0.1, -0.05) is 110 Å². The van der Waals surface area contributed by atoms with Crippen LogP contribution in [0.15, 0.2) is 91.0 Å². The molecule has 0 amide bonds. The third-order valence-corrected chi connectivity index (χ3v) is 5.81. The van der Waals surface area contributed by atoms with Crippen molar-refractivity contribution in [3.63, 3.8) is 0 Å². The van der Waals surface area contributed by atoms with E-state index in [-0.39, 0.29) is 5.32 Å². The number of aromatic nitrogens is 2. The standard InChI is InChI=1S/C25H24N2Si/c1-28(2,3)25-24(21-17-11-6-12-18-21)26-22(19-13-7-4-8-14-19)23(27-25)20-15-9-5-10-16-20/h4-18H,1-3H3/i1D3,2D3. The van der Waals surface area contributed by atoms with Gasteiger partial charge in [0, 0.05) is 30.2 Å². The molecular weight excluding hydrogens is 356 g/mol. The molecule has 0 radical (unpaired) electrons. The molecule has 0 fully saturated rings. The predicted molar refractivity (Wildman–Crippen MR) is 121 cm³/mol. The molecule has 3 aromatic carbocycles. The minimum Gasteiger partial charge on any atom is -0.253 e. The average molecular weight is 387 g/mol. The molecule has 2 nitrogen and oxygen atoms in total. The second-order valence-electron chi connectivity index (χ2n) is 6.84. The van der Waals surface area contributed by atoms with E-state index in [1.165, 1.54) is 6.55 Å². The Hall–Kier alpha value is -3.04. The van der Waals surface area contributed by atoms with Crippen molar-refractivity contribution in [1.82, 2.24) is 9.97 Å². The molecule has 0 bridgehead atoms. The number of benzene rings is 3. The first kappa shape index (κ1) is 12.4. The van der Waals surface area contributed by atoms with E-state index in [0.29, 0.717) is 22.6 Å². The van der Waals surface area contributed by atoms with Gasteiger partial charge >= 0.3 is 0 Å². The Balaban J connectivity index is 2.17. The van der Waals surface area contributed by atoms with Gasteiger partial charge in [-0.25, -0.2) is 4.98 Å². The highest BCUT2D eigenvalue weighted by Crippen LogP contribution is 2.31. The molecule has 4 rings (SSSR count). The summed E-state index contributed by atoms with van der Waals surface area (Å²) in [4.78, 5) is 9.83. The van der Waals surface area contributed by atoms with Crippen molar-refractivity contribution in [2.75, 3.05) is 0 Å². The van der Waals surface area contributed by atoms with Crippen molar-refractivity contribution in [1.29, 1.82) is 0 Å². The molecule has 4 aromatic rings. The van der Waals surface area contributed by atoms with Crippen molar-refractivity contribution in [2.45, 2.75) is 19.5 Å². The Kier molecular flexibility index (Phi) is 3.34. The van der Waals surface area contributed by atoms with Gasteiger partial charge in [-0.15, -0.1) is 0 Å². The average Bonchev–Trinajstić information content (AvgIpc) is 2.83. The van der Waals surface area contributed by atoms with Crippen LogP contribution < -0.4 is 5.32 Å². The smallest absolute Gasteiger partial charge is 0.104 e. The van der Waals surface area contributed by atoms with Crippen molar-refractivity contribution in [2.24, 2.45) is 0 Å². The van der Waals surface area contributed by atoms with Crippen molar-refractivity contribution in [3.8, 4) is 33.8 Å². The lowest BCUT2D eigenvalue weighted by atomic mass is 10.0. The molecule has 0 saturated carbocycles. The topological polar surface area (TPSA) is 25.8 Å². The van der Waals surface area contributed by atoms with Crippen molar-refractivity contribution >= 4 is 13.4 Å². The lowest BCUT2D eigenvalue weighted by Crippen LogP contribution is -2.42. The third kappa shape index (κ3) is 3.66. The van der Waals surface area contributed by atoms with Crippen LogP contribution in [0.3, 0.4) is 0 Å². The number of rotatable bonds is 4. The molecule has 138 valence electrons. The van der Waals surface area contributed by atoms with Gasteiger partial charge < -0.3 is 0 Å². The van der Waals surface area contributed by atoms with E-state index < -0.39 is 21.0 Å². The van der Waals surface area contributed by atoms with Crippen LogP contribution in [0.25, 0.3) is 33.8 Å². The summed E-state index contributed by atoms with van der Waals surface area (Å²) in [5, 5.41) is 0.0669. The summed E-state index contributed by atoms with van der Waals surface area (Å²) in [6.45, 7) is -4.07. The fourth-order valence-electron chi connectivity index (χ4n) is 3.18. The van der Waals surface area contributed by atoms with Crippen LogP contribution in [0.4, 0.5) is 0 Å². The molecule has 0 spiro atoms. The van der Waals surface area contributed by atoms with E-state index in [4.69, 9.17) is 18.2 Å². The molecule has 0 aliphatic heterocycles.